The monoisotopic (exact) mass is 283 g/mol. The van der Waals surface area contributed by atoms with Gasteiger partial charge in [-0.3, -0.25) is 4.79 Å². The first-order valence-electron chi connectivity index (χ1n) is 6.26. The first kappa shape index (κ1) is 14.0. The quantitative estimate of drug-likeness (QED) is 0.759. The van der Waals surface area contributed by atoms with Crippen LogP contribution in [0, 0.1) is 12.8 Å². The van der Waals surface area contributed by atoms with E-state index in [9.17, 15) is 9.59 Å². The molecule has 2 heterocycles. The number of nitrogens with one attached hydrogen (secondary N) is 2. The van der Waals surface area contributed by atoms with Crippen LogP contribution >= 0.6 is 11.3 Å². The Hall–Kier alpha value is -1.47. The van der Waals surface area contributed by atoms with Crippen LogP contribution in [0.4, 0.5) is 0 Å². The average molecular weight is 283 g/mol. The Labute approximate surface area is 115 Å². The number of hydrogen-bond donors (Lipinski definition) is 3. The van der Waals surface area contributed by atoms with Gasteiger partial charge in [0, 0.05) is 5.92 Å². The molecule has 0 atom stereocenters. The van der Waals surface area contributed by atoms with E-state index in [1.54, 1.807) is 6.92 Å². The third-order valence-corrected chi connectivity index (χ3v) is 4.30. The van der Waals surface area contributed by atoms with Crippen LogP contribution in [0.5, 0.6) is 0 Å². The maximum Gasteiger partial charge on any atom is 0.347 e. The number of rotatable bonds is 4. The molecule has 7 heteroatoms. The lowest BCUT2D eigenvalue weighted by atomic mass is 9.97. The first-order chi connectivity index (χ1) is 9.08. The van der Waals surface area contributed by atoms with Crippen LogP contribution in [0.2, 0.25) is 0 Å². The van der Waals surface area contributed by atoms with Gasteiger partial charge in [0.05, 0.1) is 12.2 Å². The van der Waals surface area contributed by atoms with E-state index >= 15 is 0 Å². The number of carbonyl (C=O) groups excluding carboxylic acids is 1. The van der Waals surface area contributed by atoms with Crippen molar-refractivity contribution in [1.29, 1.82) is 0 Å². The minimum atomic E-state index is -0.967. The lowest BCUT2D eigenvalue weighted by Gasteiger charge is -2.21. The van der Waals surface area contributed by atoms with Crippen molar-refractivity contribution in [2.45, 2.75) is 26.3 Å². The summed E-state index contributed by atoms with van der Waals surface area (Å²) in [5.74, 6) is -0.876. The van der Waals surface area contributed by atoms with Crippen LogP contribution in [0.15, 0.2) is 0 Å². The topological polar surface area (TPSA) is 91.3 Å². The summed E-state index contributed by atoms with van der Waals surface area (Å²) >= 11 is 1.12. The Morgan fingerprint density at radius 3 is 2.74 bits per heavy atom. The normalized spacial score (nSPS) is 16.3. The Kier molecular flexibility index (Phi) is 4.49. The van der Waals surface area contributed by atoms with Gasteiger partial charge < -0.3 is 15.7 Å². The maximum absolute atomic E-state index is 11.9. The second kappa shape index (κ2) is 6.12. The zero-order valence-corrected chi connectivity index (χ0v) is 11.5. The average Bonchev–Trinajstić information content (AvgIpc) is 2.78. The fourth-order valence-electron chi connectivity index (χ4n) is 2.12. The molecule has 1 saturated heterocycles. The molecule has 1 amide bonds. The van der Waals surface area contributed by atoms with Crippen molar-refractivity contribution in [3.63, 3.8) is 0 Å². The van der Waals surface area contributed by atoms with Gasteiger partial charge in [0.15, 0.2) is 0 Å². The van der Waals surface area contributed by atoms with E-state index < -0.39 is 5.97 Å². The van der Waals surface area contributed by atoms with E-state index in [0.717, 1.165) is 37.3 Å². The fraction of sp³-hybridized carbons (Fsp3) is 0.583. The van der Waals surface area contributed by atoms with Gasteiger partial charge in [-0.05, 0) is 32.9 Å². The van der Waals surface area contributed by atoms with Gasteiger partial charge in [0.2, 0.25) is 5.91 Å². The van der Waals surface area contributed by atoms with Crippen molar-refractivity contribution in [3.8, 4) is 0 Å². The molecule has 0 bridgehead atoms. The van der Waals surface area contributed by atoms with Crippen LogP contribution in [-0.2, 0) is 11.3 Å². The molecule has 3 N–H and O–H groups in total. The highest BCUT2D eigenvalue weighted by Gasteiger charge is 2.21. The van der Waals surface area contributed by atoms with Crippen molar-refractivity contribution in [2.75, 3.05) is 13.1 Å². The third kappa shape index (κ3) is 3.51. The lowest BCUT2D eigenvalue weighted by molar-refractivity contribution is -0.125. The molecule has 0 saturated carbocycles. The Balaban J connectivity index is 1.89. The molecule has 1 aromatic heterocycles. The SMILES string of the molecule is Cc1nc(CNC(=O)C2CCNCC2)sc1C(=O)O. The minimum absolute atomic E-state index is 0.0335. The van der Waals surface area contributed by atoms with Gasteiger partial charge >= 0.3 is 5.97 Å². The molecule has 19 heavy (non-hydrogen) atoms. The lowest BCUT2D eigenvalue weighted by Crippen LogP contribution is -2.37. The highest BCUT2D eigenvalue weighted by atomic mass is 32.1. The van der Waals surface area contributed by atoms with E-state index in [-0.39, 0.29) is 16.7 Å². The summed E-state index contributed by atoms with van der Waals surface area (Å²) in [6.07, 6.45) is 1.70. The largest absolute Gasteiger partial charge is 0.477 e. The molecule has 0 aromatic carbocycles. The predicted octanol–water partition coefficient (Wildman–Crippen LogP) is 0.766. The van der Waals surface area contributed by atoms with E-state index in [2.05, 4.69) is 15.6 Å². The standard InChI is InChI=1S/C12H17N3O3S/c1-7-10(12(17)18)19-9(15-7)6-14-11(16)8-2-4-13-5-3-8/h8,13H,2-6H2,1H3,(H,14,16)(H,17,18). The summed E-state index contributed by atoms with van der Waals surface area (Å²) < 4.78 is 0. The van der Waals surface area contributed by atoms with E-state index in [1.807, 2.05) is 0 Å². The molecule has 0 unspecified atom stereocenters. The first-order valence-corrected chi connectivity index (χ1v) is 7.07. The highest BCUT2D eigenvalue weighted by molar-refractivity contribution is 7.13. The number of carboxylic acids is 1. The number of thiazole rings is 1. The van der Waals surface area contributed by atoms with Gasteiger partial charge in [0.1, 0.15) is 9.88 Å². The fourth-order valence-corrected chi connectivity index (χ4v) is 2.96. The maximum atomic E-state index is 11.9. The molecular formula is C12H17N3O3S. The molecule has 1 aromatic rings. The van der Waals surface area contributed by atoms with Gasteiger partial charge in [-0.1, -0.05) is 0 Å². The predicted molar refractivity (Wildman–Crippen MR) is 71.3 cm³/mol. The number of amides is 1. The van der Waals surface area contributed by atoms with Crippen molar-refractivity contribution in [2.24, 2.45) is 5.92 Å². The zero-order valence-electron chi connectivity index (χ0n) is 10.7. The van der Waals surface area contributed by atoms with Gasteiger partial charge in [-0.2, -0.15) is 0 Å². The van der Waals surface area contributed by atoms with Crippen LogP contribution in [0.25, 0.3) is 0 Å². The van der Waals surface area contributed by atoms with Crippen LogP contribution in [0.1, 0.15) is 33.2 Å². The molecule has 1 aliphatic heterocycles. The minimum Gasteiger partial charge on any atom is -0.477 e. The van der Waals surface area contributed by atoms with Crippen molar-refractivity contribution in [1.82, 2.24) is 15.6 Å². The summed E-state index contributed by atoms with van der Waals surface area (Å²) in [6.45, 7) is 3.72. The van der Waals surface area contributed by atoms with Crippen molar-refractivity contribution < 1.29 is 14.7 Å². The number of nitrogens with zero attached hydrogens (tertiary/aromatic N) is 1. The Bertz CT molecular complexity index is 481. The van der Waals surface area contributed by atoms with Crippen molar-refractivity contribution >= 4 is 23.2 Å². The molecule has 0 aliphatic carbocycles. The number of aryl methyl sites for hydroxylation is 1. The number of aromatic carboxylic acids is 1. The number of carbonyl (C=O) groups is 2. The van der Waals surface area contributed by atoms with Gasteiger partial charge in [-0.25, -0.2) is 9.78 Å². The molecule has 0 spiro atoms. The van der Waals surface area contributed by atoms with Gasteiger partial charge in [-0.15, -0.1) is 11.3 Å². The van der Waals surface area contributed by atoms with E-state index in [1.165, 1.54) is 0 Å². The number of hydrogen-bond acceptors (Lipinski definition) is 5. The molecule has 0 radical (unpaired) electrons. The third-order valence-electron chi connectivity index (χ3n) is 3.16. The molecule has 104 valence electrons. The zero-order chi connectivity index (χ0) is 13.8. The summed E-state index contributed by atoms with van der Waals surface area (Å²) in [4.78, 5) is 27.2. The highest BCUT2D eigenvalue weighted by Crippen LogP contribution is 2.18. The number of aromatic nitrogens is 1. The molecule has 2 rings (SSSR count). The van der Waals surface area contributed by atoms with Crippen LogP contribution in [0.3, 0.4) is 0 Å². The Morgan fingerprint density at radius 1 is 1.47 bits per heavy atom. The van der Waals surface area contributed by atoms with E-state index in [0.29, 0.717) is 17.2 Å². The smallest absolute Gasteiger partial charge is 0.347 e. The van der Waals surface area contributed by atoms with Crippen LogP contribution in [-0.4, -0.2) is 35.1 Å². The number of carboxylic acid groups (broad SMARTS) is 1. The second-order valence-electron chi connectivity index (χ2n) is 4.57. The number of piperidine rings is 1. The van der Waals surface area contributed by atoms with Gasteiger partial charge in [0.25, 0.3) is 0 Å². The second-order valence-corrected chi connectivity index (χ2v) is 5.65. The molecule has 6 nitrogen and oxygen atoms in total. The summed E-state index contributed by atoms with van der Waals surface area (Å²) in [7, 11) is 0. The summed E-state index contributed by atoms with van der Waals surface area (Å²) in [6, 6.07) is 0. The Morgan fingerprint density at radius 2 is 2.16 bits per heavy atom. The van der Waals surface area contributed by atoms with E-state index in [4.69, 9.17) is 5.11 Å². The van der Waals surface area contributed by atoms with Crippen molar-refractivity contribution in [3.05, 3.63) is 15.6 Å². The molecule has 1 aliphatic rings. The molecule has 1 fully saturated rings. The summed E-state index contributed by atoms with van der Waals surface area (Å²) in [5.41, 5.74) is 0.503. The molecular weight excluding hydrogens is 266 g/mol. The van der Waals surface area contributed by atoms with Crippen LogP contribution < -0.4 is 10.6 Å². The summed E-state index contributed by atoms with van der Waals surface area (Å²) in [5, 5.41) is 15.6.